The summed E-state index contributed by atoms with van der Waals surface area (Å²) in [4.78, 5) is 11.9. The lowest BCUT2D eigenvalue weighted by atomic mass is 9.89. The van der Waals surface area contributed by atoms with Gasteiger partial charge in [-0.2, -0.15) is 0 Å². The van der Waals surface area contributed by atoms with Gasteiger partial charge in [0.25, 0.3) is 0 Å². The van der Waals surface area contributed by atoms with E-state index in [2.05, 4.69) is 24.5 Å². The molecule has 1 amide bonds. The van der Waals surface area contributed by atoms with Crippen molar-refractivity contribution in [2.24, 2.45) is 0 Å². The van der Waals surface area contributed by atoms with Crippen LogP contribution < -0.4 is 10.4 Å². The zero-order valence-electron chi connectivity index (χ0n) is 10.8. The fraction of sp³-hybridized carbons (Fsp3) is 0.188. The number of carbonyl (C=O) groups is 1. The Labute approximate surface area is 112 Å². The zero-order chi connectivity index (χ0) is 13.3. The predicted molar refractivity (Wildman–Crippen MR) is 75.5 cm³/mol. The molecule has 1 aliphatic heterocycles. The number of hydrazine groups is 1. The van der Waals surface area contributed by atoms with Crippen LogP contribution in [-0.4, -0.2) is 5.91 Å². The maximum atomic E-state index is 11.9. The quantitative estimate of drug-likeness (QED) is 0.891. The summed E-state index contributed by atoms with van der Waals surface area (Å²) in [5, 5.41) is 1.96. The molecule has 0 aromatic heterocycles. The molecule has 1 unspecified atom stereocenters. The number of hydrogen-bond acceptors (Lipinski definition) is 2. The van der Waals surface area contributed by atoms with Gasteiger partial charge in [-0.05, 0) is 24.6 Å². The Bertz CT molecular complexity index is 582. The molecule has 2 aromatic rings. The summed E-state index contributed by atoms with van der Waals surface area (Å²) in [5.74, 6) is 0.0511. The summed E-state index contributed by atoms with van der Waals surface area (Å²) in [5.41, 5.74) is 4.74. The number of nitrogens with zero attached hydrogens (tertiary/aromatic N) is 1. The van der Waals surface area contributed by atoms with Crippen LogP contribution in [0.4, 0.5) is 5.69 Å². The standard InChI is InChI=1S/C16H16N2O/c1-16(13-8-4-2-5-9-13)12-15(19)17-18(16)14-10-6-3-7-11-14/h2-11H,12H2,1H3,(H,17,19). The first-order valence-electron chi connectivity index (χ1n) is 6.40. The number of amides is 1. The van der Waals surface area contributed by atoms with E-state index in [1.54, 1.807) is 0 Å². The van der Waals surface area contributed by atoms with Crippen LogP contribution in [0.25, 0.3) is 0 Å². The minimum absolute atomic E-state index is 0.0511. The van der Waals surface area contributed by atoms with E-state index in [0.29, 0.717) is 6.42 Å². The summed E-state index contributed by atoms with van der Waals surface area (Å²) in [6.07, 6.45) is 0.464. The normalized spacial score (nSPS) is 22.4. The molecule has 3 rings (SSSR count). The lowest BCUT2D eigenvalue weighted by Gasteiger charge is -2.35. The number of hydrogen-bond donors (Lipinski definition) is 1. The van der Waals surface area contributed by atoms with E-state index in [4.69, 9.17) is 0 Å². The molecule has 1 heterocycles. The number of carbonyl (C=O) groups excluding carboxylic acids is 1. The van der Waals surface area contributed by atoms with Crippen molar-refractivity contribution in [3.05, 3.63) is 66.2 Å². The topological polar surface area (TPSA) is 32.3 Å². The van der Waals surface area contributed by atoms with Crippen LogP contribution in [0.3, 0.4) is 0 Å². The van der Waals surface area contributed by atoms with Crippen molar-refractivity contribution in [1.82, 2.24) is 5.43 Å². The Kier molecular flexibility index (Phi) is 2.75. The van der Waals surface area contributed by atoms with Gasteiger partial charge in [-0.1, -0.05) is 48.5 Å². The van der Waals surface area contributed by atoms with Gasteiger partial charge in [0.05, 0.1) is 17.6 Å². The minimum Gasteiger partial charge on any atom is -0.275 e. The molecule has 96 valence electrons. The fourth-order valence-electron chi connectivity index (χ4n) is 2.63. The van der Waals surface area contributed by atoms with E-state index >= 15 is 0 Å². The molecule has 19 heavy (non-hydrogen) atoms. The molecule has 1 aliphatic rings. The summed E-state index contributed by atoms with van der Waals surface area (Å²) in [6, 6.07) is 20.1. The Hall–Kier alpha value is -2.29. The molecule has 0 bridgehead atoms. The van der Waals surface area contributed by atoms with Crippen molar-refractivity contribution < 1.29 is 4.79 Å². The second-order valence-electron chi connectivity index (χ2n) is 5.02. The molecule has 0 saturated carbocycles. The molecule has 3 heteroatoms. The van der Waals surface area contributed by atoms with Crippen molar-refractivity contribution in [2.45, 2.75) is 18.9 Å². The second kappa shape index (κ2) is 4.43. The maximum absolute atomic E-state index is 11.9. The van der Waals surface area contributed by atoms with Crippen molar-refractivity contribution in [3.8, 4) is 0 Å². The van der Waals surface area contributed by atoms with E-state index < -0.39 is 0 Å². The van der Waals surface area contributed by atoms with Gasteiger partial charge in [0.15, 0.2) is 0 Å². The first-order chi connectivity index (χ1) is 9.20. The van der Waals surface area contributed by atoms with E-state index in [9.17, 15) is 4.79 Å². The number of benzene rings is 2. The van der Waals surface area contributed by atoms with Gasteiger partial charge >= 0.3 is 0 Å². The van der Waals surface area contributed by atoms with Crippen LogP contribution in [0, 0.1) is 0 Å². The van der Waals surface area contributed by atoms with Crippen molar-refractivity contribution in [2.75, 3.05) is 5.01 Å². The number of anilines is 1. The van der Waals surface area contributed by atoms with Gasteiger partial charge in [-0.25, -0.2) is 0 Å². The van der Waals surface area contributed by atoms with Crippen LogP contribution >= 0.6 is 0 Å². The highest BCUT2D eigenvalue weighted by molar-refractivity contribution is 5.84. The first-order valence-corrected chi connectivity index (χ1v) is 6.40. The van der Waals surface area contributed by atoms with Gasteiger partial charge in [0.1, 0.15) is 0 Å². The summed E-state index contributed by atoms with van der Waals surface area (Å²) in [7, 11) is 0. The fourth-order valence-corrected chi connectivity index (χ4v) is 2.63. The highest BCUT2D eigenvalue weighted by atomic mass is 16.2. The van der Waals surface area contributed by atoms with E-state index in [-0.39, 0.29) is 11.4 Å². The number of para-hydroxylation sites is 1. The minimum atomic E-state index is -0.348. The summed E-state index contributed by atoms with van der Waals surface area (Å²) < 4.78 is 0. The SMILES string of the molecule is CC1(c2ccccc2)CC(=O)NN1c1ccccc1. The molecule has 2 aromatic carbocycles. The molecule has 1 N–H and O–H groups in total. The molecule has 0 spiro atoms. The Morgan fingerprint density at radius 1 is 1.00 bits per heavy atom. The van der Waals surface area contributed by atoms with Gasteiger partial charge < -0.3 is 0 Å². The predicted octanol–water partition coefficient (Wildman–Crippen LogP) is 2.84. The molecule has 0 aliphatic carbocycles. The van der Waals surface area contributed by atoms with Crippen molar-refractivity contribution in [1.29, 1.82) is 0 Å². The Morgan fingerprint density at radius 3 is 2.21 bits per heavy atom. The molecule has 1 fully saturated rings. The van der Waals surface area contributed by atoms with E-state index in [1.807, 2.05) is 53.5 Å². The molecule has 1 saturated heterocycles. The van der Waals surface area contributed by atoms with Crippen molar-refractivity contribution in [3.63, 3.8) is 0 Å². The van der Waals surface area contributed by atoms with Crippen LogP contribution in [-0.2, 0) is 10.3 Å². The van der Waals surface area contributed by atoms with Crippen LogP contribution in [0.5, 0.6) is 0 Å². The van der Waals surface area contributed by atoms with Gasteiger partial charge in [-0.3, -0.25) is 15.2 Å². The third-order valence-electron chi connectivity index (χ3n) is 3.64. The number of nitrogens with one attached hydrogen (secondary N) is 1. The first kappa shape index (κ1) is 11.8. The van der Waals surface area contributed by atoms with Crippen LogP contribution in [0.15, 0.2) is 60.7 Å². The molecular formula is C16H16N2O. The van der Waals surface area contributed by atoms with Gasteiger partial charge in [0.2, 0.25) is 5.91 Å². The van der Waals surface area contributed by atoms with Crippen LogP contribution in [0.1, 0.15) is 18.9 Å². The van der Waals surface area contributed by atoms with Gasteiger partial charge in [-0.15, -0.1) is 0 Å². The van der Waals surface area contributed by atoms with E-state index in [1.165, 1.54) is 0 Å². The Morgan fingerprint density at radius 2 is 1.58 bits per heavy atom. The highest BCUT2D eigenvalue weighted by Crippen LogP contribution is 2.37. The molecule has 1 atom stereocenters. The Balaban J connectivity index is 2.06. The lowest BCUT2D eigenvalue weighted by molar-refractivity contribution is -0.119. The number of rotatable bonds is 2. The van der Waals surface area contributed by atoms with Crippen molar-refractivity contribution >= 4 is 11.6 Å². The average molecular weight is 252 g/mol. The smallest absolute Gasteiger partial charge is 0.241 e. The molecule has 3 nitrogen and oxygen atoms in total. The largest absolute Gasteiger partial charge is 0.275 e. The second-order valence-corrected chi connectivity index (χ2v) is 5.02. The third-order valence-corrected chi connectivity index (χ3v) is 3.64. The van der Waals surface area contributed by atoms with E-state index in [0.717, 1.165) is 11.3 Å². The molecule has 0 radical (unpaired) electrons. The molecular weight excluding hydrogens is 236 g/mol. The summed E-state index contributed by atoms with van der Waals surface area (Å²) >= 11 is 0. The lowest BCUT2D eigenvalue weighted by Crippen LogP contribution is -2.44. The van der Waals surface area contributed by atoms with Gasteiger partial charge in [0, 0.05) is 0 Å². The average Bonchev–Trinajstić information content (AvgIpc) is 2.77. The third kappa shape index (κ3) is 1.97. The highest BCUT2D eigenvalue weighted by Gasteiger charge is 2.42. The zero-order valence-corrected chi connectivity index (χ0v) is 10.8. The summed E-state index contributed by atoms with van der Waals surface area (Å²) in [6.45, 7) is 2.09. The monoisotopic (exact) mass is 252 g/mol. The van der Waals surface area contributed by atoms with Crippen LogP contribution in [0.2, 0.25) is 0 Å². The maximum Gasteiger partial charge on any atom is 0.241 e.